The second-order valence-electron chi connectivity index (χ2n) is 13.6. The van der Waals surface area contributed by atoms with Gasteiger partial charge in [0.25, 0.3) is 0 Å². The minimum Gasteiger partial charge on any atom is -0.489 e. The highest BCUT2D eigenvalue weighted by Gasteiger charge is 2.75. The van der Waals surface area contributed by atoms with Crippen LogP contribution < -0.4 is 10.5 Å². The third-order valence-corrected chi connectivity index (χ3v) is 11.3. The van der Waals surface area contributed by atoms with E-state index in [1.54, 1.807) is 30.4 Å². The van der Waals surface area contributed by atoms with E-state index in [0.717, 1.165) is 24.0 Å². The summed E-state index contributed by atoms with van der Waals surface area (Å²) >= 11 is 0. The zero-order valence-electron chi connectivity index (χ0n) is 24.9. The van der Waals surface area contributed by atoms with Crippen molar-refractivity contribution in [3.63, 3.8) is 0 Å². The third-order valence-electron chi connectivity index (χ3n) is 11.3. The number of Topliss-reactive ketones (excluding diaryl/α,β-unsaturated/α-hetero) is 1. The van der Waals surface area contributed by atoms with Crippen molar-refractivity contribution < 1.29 is 38.4 Å². The number of aliphatic hydroxyl groups excluding tert-OH is 2. The molecule has 2 aromatic carbocycles. The van der Waals surface area contributed by atoms with Gasteiger partial charge < -0.3 is 30.2 Å². The van der Waals surface area contributed by atoms with Crippen LogP contribution in [-0.4, -0.2) is 46.2 Å². The molecule has 0 unspecified atom stereocenters. The first kappa shape index (κ1) is 29.3. The number of aliphatic hydroxyl groups is 2. The van der Waals surface area contributed by atoms with E-state index in [1.165, 1.54) is 12.1 Å². The first-order chi connectivity index (χ1) is 21.0. The second-order valence-corrected chi connectivity index (χ2v) is 13.6. The van der Waals surface area contributed by atoms with Crippen LogP contribution in [0.1, 0.15) is 56.9 Å². The molecule has 0 radical (unpaired) electrons. The van der Waals surface area contributed by atoms with Gasteiger partial charge in [0.05, 0.1) is 12.2 Å². The number of benzene rings is 2. The van der Waals surface area contributed by atoms with E-state index < -0.39 is 53.1 Å². The summed E-state index contributed by atoms with van der Waals surface area (Å²) in [4.78, 5) is 25.9. The number of carbonyl (C=O) groups is 2. The van der Waals surface area contributed by atoms with Crippen molar-refractivity contribution in [2.24, 2.45) is 28.6 Å². The zero-order chi connectivity index (χ0) is 31.0. The number of rotatable bonds is 6. The van der Waals surface area contributed by atoms with E-state index in [2.05, 4.69) is 6.92 Å². The Hall–Kier alpha value is -3.37. The fourth-order valence-corrected chi connectivity index (χ4v) is 9.49. The summed E-state index contributed by atoms with van der Waals surface area (Å²) in [5, 5.41) is 22.0. The lowest BCUT2D eigenvalue weighted by Gasteiger charge is -2.59. The van der Waals surface area contributed by atoms with Crippen molar-refractivity contribution >= 4 is 17.3 Å². The van der Waals surface area contributed by atoms with Gasteiger partial charge in [-0.3, -0.25) is 9.59 Å². The summed E-state index contributed by atoms with van der Waals surface area (Å²) in [6, 6.07) is 11.4. The van der Waals surface area contributed by atoms with E-state index in [-0.39, 0.29) is 42.3 Å². The number of hydrogen-bond acceptors (Lipinski definition) is 8. The smallest absolute Gasteiger partial charge is 0.193 e. The molecular formula is C35H38FNO7. The Morgan fingerprint density at radius 2 is 2.02 bits per heavy atom. The predicted octanol–water partition coefficient (Wildman–Crippen LogP) is 4.59. The Morgan fingerprint density at radius 1 is 1.20 bits per heavy atom. The number of ether oxygens (including phenoxy) is 3. The van der Waals surface area contributed by atoms with Gasteiger partial charge in [-0.1, -0.05) is 37.6 Å². The quantitative estimate of drug-likeness (QED) is 0.409. The van der Waals surface area contributed by atoms with Gasteiger partial charge in [0.15, 0.2) is 23.5 Å². The van der Waals surface area contributed by atoms with Crippen LogP contribution in [0.3, 0.4) is 0 Å². The summed E-state index contributed by atoms with van der Waals surface area (Å²) in [7, 11) is 0. The van der Waals surface area contributed by atoms with E-state index >= 15 is 0 Å². The molecule has 1 aliphatic heterocycles. The maximum Gasteiger partial charge on any atom is 0.193 e. The monoisotopic (exact) mass is 603 g/mol. The topological polar surface area (TPSA) is 128 Å². The average molecular weight is 604 g/mol. The number of anilines is 1. The Bertz CT molecular complexity index is 1590. The van der Waals surface area contributed by atoms with Crippen molar-refractivity contribution in [3.8, 4) is 5.75 Å². The van der Waals surface area contributed by atoms with E-state index in [0.29, 0.717) is 17.7 Å². The van der Waals surface area contributed by atoms with E-state index in [9.17, 15) is 24.2 Å². The lowest BCUT2D eigenvalue weighted by Crippen LogP contribution is -2.63. The van der Waals surface area contributed by atoms with Gasteiger partial charge in [-0.2, -0.15) is 0 Å². The molecule has 4 N–H and O–H groups in total. The van der Waals surface area contributed by atoms with E-state index in [4.69, 9.17) is 19.9 Å². The molecular weight excluding hydrogens is 565 g/mol. The molecule has 4 fully saturated rings. The van der Waals surface area contributed by atoms with Gasteiger partial charge >= 0.3 is 0 Å². The van der Waals surface area contributed by atoms with Crippen molar-refractivity contribution in [2.45, 2.75) is 70.2 Å². The fourth-order valence-electron chi connectivity index (χ4n) is 9.49. The SMILES string of the molecule is C[C@]12C=CC(=O)C=C1CC[C@@H]1[C@@H]2[C@@H](O)C[C@@]2(C)[C@H]1C[C@H]1O[C@@H](c3cc(F)cc(OCc4cccc(N)c4)c3)O[C@]12C(=O)CO. The molecule has 7 rings (SSSR count). The number of halogens is 1. The zero-order valence-corrected chi connectivity index (χ0v) is 24.9. The predicted molar refractivity (Wildman–Crippen MR) is 158 cm³/mol. The van der Waals surface area contributed by atoms with Gasteiger partial charge in [-0.25, -0.2) is 4.39 Å². The highest BCUT2D eigenvalue weighted by atomic mass is 19.1. The Kier molecular flexibility index (Phi) is 6.90. The molecule has 8 nitrogen and oxygen atoms in total. The summed E-state index contributed by atoms with van der Waals surface area (Å²) in [6.07, 6.45) is 4.95. The number of ketones is 2. The minimum absolute atomic E-state index is 0.0301. The first-order valence-electron chi connectivity index (χ1n) is 15.4. The van der Waals surface area contributed by atoms with Gasteiger partial charge in [0, 0.05) is 34.1 Å². The van der Waals surface area contributed by atoms with Crippen LogP contribution in [0.15, 0.2) is 66.3 Å². The molecule has 9 atom stereocenters. The van der Waals surface area contributed by atoms with Crippen molar-refractivity contribution in [3.05, 3.63) is 83.2 Å². The summed E-state index contributed by atoms with van der Waals surface area (Å²) in [5.41, 5.74) is 5.86. The van der Waals surface area contributed by atoms with Gasteiger partial charge in [-0.15, -0.1) is 0 Å². The molecule has 2 aromatic rings. The van der Waals surface area contributed by atoms with Crippen molar-refractivity contribution in [1.29, 1.82) is 0 Å². The summed E-state index contributed by atoms with van der Waals surface area (Å²) in [6.45, 7) is 3.49. The molecule has 3 saturated carbocycles. The summed E-state index contributed by atoms with van der Waals surface area (Å²) in [5.74, 6) is -0.930. The van der Waals surface area contributed by atoms with Gasteiger partial charge in [0.2, 0.25) is 0 Å². The highest BCUT2D eigenvalue weighted by Crippen LogP contribution is 2.70. The fraction of sp³-hybridized carbons (Fsp3) is 0.486. The van der Waals surface area contributed by atoms with Crippen LogP contribution in [0.2, 0.25) is 0 Å². The lowest BCUT2D eigenvalue weighted by molar-refractivity contribution is -0.201. The van der Waals surface area contributed by atoms with Crippen molar-refractivity contribution in [2.75, 3.05) is 12.3 Å². The maximum atomic E-state index is 14.9. The molecule has 232 valence electrons. The number of fused-ring (bicyclic) bond motifs is 7. The molecule has 4 aliphatic carbocycles. The Morgan fingerprint density at radius 3 is 2.80 bits per heavy atom. The number of nitrogens with two attached hydrogens (primary N) is 1. The third kappa shape index (κ3) is 4.24. The second kappa shape index (κ2) is 10.3. The van der Waals surface area contributed by atoms with Crippen LogP contribution in [0.4, 0.5) is 10.1 Å². The minimum atomic E-state index is -1.52. The largest absolute Gasteiger partial charge is 0.489 e. The molecule has 5 aliphatic rings. The Labute approximate surface area is 255 Å². The maximum absolute atomic E-state index is 14.9. The summed E-state index contributed by atoms with van der Waals surface area (Å²) < 4.78 is 33.8. The highest BCUT2D eigenvalue weighted by molar-refractivity contribution is 6.01. The van der Waals surface area contributed by atoms with E-state index in [1.807, 2.05) is 25.1 Å². The standard InChI is InChI=1S/C35H38FNO7/c1-33-9-8-24(39)13-21(33)6-7-26-27-15-30-35(29(41)17-38,34(27,2)16-28(40)31(26)33)44-32(43-30)20-11-22(36)14-25(12-20)42-18-19-4-3-5-23(37)10-19/h3-5,8-14,26-28,30-32,38,40H,6-7,15-18,37H2,1-2H3/t26-,27-,28-,30+,31+,32+,33-,34-,35+/m0/s1. The number of allylic oxidation sites excluding steroid dienone is 4. The average Bonchev–Trinajstić information content (AvgIpc) is 3.49. The van der Waals surface area contributed by atoms with Crippen LogP contribution in [0.5, 0.6) is 5.75 Å². The normalized spacial score (nSPS) is 38.8. The van der Waals surface area contributed by atoms with Gasteiger partial charge in [-0.05, 0) is 79.5 Å². The molecule has 9 heteroatoms. The lowest BCUT2D eigenvalue weighted by atomic mass is 9.46. The Balaban J connectivity index is 1.19. The molecule has 0 spiro atoms. The van der Waals surface area contributed by atoms with Crippen LogP contribution in [0.25, 0.3) is 0 Å². The molecule has 1 saturated heterocycles. The number of carbonyl (C=O) groups excluding carboxylic acids is 2. The molecule has 1 heterocycles. The number of hydrogen-bond donors (Lipinski definition) is 3. The molecule has 0 amide bonds. The first-order valence-corrected chi connectivity index (χ1v) is 15.4. The van der Waals surface area contributed by atoms with Crippen LogP contribution in [0, 0.1) is 34.4 Å². The van der Waals surface area contributed by atoms with Crippen molar-refractivity contribution in [1.82, 2.24) is 0 Å². The molecule has 0 bridgehead atoms. The van der Waals surface area contributed by atoms with Crippen LogP contribution >= 0.6 is 0 Å². The molecule has 0 aromatic heterocycles. The number of nitrogen functional groups attached to an aromatic ring is 1. The molecule has 44 heavy (non-hydrogen) atoms. The van der Waals surface area contributed by atoms with Crippen LogP contribution in [-0.2, 0) is 25.7 Å². The van der Waals surface area contributed by atoms with Gasteiger partial charge in [0.1, 0.15) is 24.8 Å².